The normalized spacial score (nSPS) is 24.6. The molecule has 3 heterocycles. The maximum atomic E-state index is 13.2. The van der Waals surface area contributed by atoms with Crippen molar-refractivity contribution in [2.24, 2.45) is 0 Å². The molecular formula is C19H24N4O. The van der Waals surface area contributed by atoms with Crippen molar-refractivity contribution in [1.29, 1.82) is 0 Å². The van der Waals surface area contributed by atoms with Crippen molar-refractivity contribution in [2.75, 3.05) is 20.1 Å². The Kier molecular flexibility index (Phi) is 4.10. The van der Waals surface area contributed by atoms with Crippen molar-refractivity contribution in [3.63, 3.8) is 0 Å². The highest BCUT2D eigenvalue weighted by molar-refractivity contribution is 5.93. The van der Waals surface area contributed by atoms with E-state index >= 15 is 0 Å². The lowest BCUT2D eigenvalue weighted by Gasteiger charge is -2.33. The van der Waals surface area contributed by atoms with Gasteiger partial charge in [-0.3, -0.25) is 9.36 Å². The number of carbonyl (C=O) groups is 1. The Labute approximate surface area is 142 Å². The number of nitrogens with zero attached hydrogens (tertiary/aromatic N) is 4. The fourth-order valence-corrected chi connectivity index (χ4v) is 4.26. The number of rotatable bonds is 3. The highest BCUT2D eigenvalue weighted by Crippen LogP contribution is 2.30. The highest BCUT2D eigenvalue weighted by Gasteiger charge is 2.39. The first kappa shape index (κ1) is 15.4. The summed E-state index contributed by atoms with van der Waals surface area (Å²) in [6.07, 6.45) is 8.07. The van der Waals surface area contributed by atoms with Gasteiger partial charge in [-0.1, -0.05) is 18.2 Å². The van der Waals surface area contributed by atoms with Gasteiger partial charge in [0.05, 0.1) is 12.5 Å². The number of carbonyl (C=O) groups excluding carboxylic acids is 1. The van der Waals surface area contributed by atoms with Gasteiger partial charge in [0.2, 0.25) is 0 Å². The van der Waals surface area contributed by atoms with Crippen LogP contribution in [-0.4, -0.2) is 57.5 Å². The van der Waals surface area contributed by atoms with E-state index in [0.717, 1.165) is 31.6 Å². The first-order chi connectivity index (χ1) is 11.8. The van der Waals surface area contributed by atoms with E-state index in [9.17, 15) is 4.79 Å². The zero-order valence-corrected chi connectivity index (χ0v) is 14.1. The maximum Gasteiger partial charge on any atom is 0.272 e. The Hall–Kier alpha value is -2.14. The predicted octanol–water partition coefficient (Wildman–Crippen LogP) is 2.57. The fourth-order valence-electron chi connectivity index (χ4n) is 4.26. The van der Waals surface area contributed by atoms with Crippen LogP contribution in [0.25, 0.3) is 5.69 Å². The molecule has 1 aromatic carbocycles. The summed E-state index contributed by atoms with van der Waals surface area (Å²) in [6.45, 7) is 2.00. The average Bonchev–Trinajstić information content (AvgIpc) is 3.34. The van der Waals surface area contributed by atoms with E-state index in [1.807, 2.05) is 34.9 Å². The smallest absolute Gasteiger partial charge is 0.272 e. The van der Waals surface area contributed by atoms with Gasteiger partial charge in [0, 0.05) is 24.3 Å². The fraction of sp³-hybridized carbons (Fsp3) is 0.474. The topological polar surface area (TPSA) is 41.4 Å². The Balaban J connectivity index is 1.61. The van der Waals surface area contributed by atoms with Gasteiger partial charge in [-0.15, -0.1) is 0 Å². The Morgan fingerprint density at radius 1 is 1.08 bits per heavy atom. The first-order valence-electron chi connectivity index (χ1n) is 8.84. The van der Waals surface area contributed by atoms with Gasteiger partial charge < -0.3 is 9.80 Å². The monoisotopic (exact) mass is 324 g/mol. The number of imidazole rings is 1. The number of hydrogen-bond acceptors (Lipinski definition) is 3. The minimum atomic E-state index is 0.110. The zero-order chi connectivity index (χ0) is 16.5. The zero-order valence-electron chi connectivity index (χ0n) is 14.1. The molecule has 2 atom stereocenters. The van der Waals surface area contributed by atoms with Crippen LogP contribution in [0, 0.1) is 0 Å². The van der Waals surface area contributed by atoms with Gasteiger partial charge in [0.15, 0.2) is 0 Å². The molecule has 5 heteroatoms. The van der Waals surface area contributed by atoms with Crippen LogP contribution < -0.4 is 0 Å². The second kappa shape index (κ2) is 6.40. The first-order valence-corrected chi connectivity index (χ1v) is 8.84. The molecule has 2 aromatic rings. The average molecular weight is 324 g/mol. The number of aromatic nitrogens is 2. The summed E-state index contributed by atoms with van der Waals surface area (Å²) < 4.78 is 1.90. The second-order valence-electron chi connectivity index (χ2n) is 6.88. The summed E-state index contributed by atoms with van der Waals surface area (Å²) in [5.41, 5.74) is 1.64. The molecule has 24 heavy (non-hydrogen) atoms. The third-order valence-electron chi connectivity index (χ3n) is 5.47. The van der Waals surface area contributed by atoms with E-state index in [-0.39, 0.29) is 5.91 Å². The molecule has 126 valence electrons. The van der Waals surface area contributed by atoms with Crippen LogP contribution in [0.2, 0.25) is 0 Å². The van der Waals surface area contributed by atoms with Gasteiger partial charge in [-0.2, -0.15) is 0 Å². The molecule has 0 bridgehead atoms. The molecule has 2 aliphatic heterocycles. The maximum absolute atomic E-state index is 13.2. The molecule has 2 fully saturated rings. The SMILES string of the molecule is CN1CCCC1C1CCCN1C(=O)c1cncn1-c1ccccc1. The van der Waals surface area contributed by atoms with Crippen LogP contribution in [0.4, 0.5) is 0 Å². The molecule has 0 saturated carbocycles. The van der Waals surface area contributed by atoms with Gasteiger partial charge in [-0.25, -0.2) is 4.98 Å². The van der Waals surface area contributed by atoms with E-state index in [1.54, 1.807) is 12.5 Å². The van der Waals surface area contributed by atoms with Crippen molar-refractivity contribution in [3.8, 4) is 5.69 Å². The molecule has 2 saturated heterocycles. The van der Waals surface area contributed by atoms with E-state index in [0.29, 0.717) is 17.8 Å². The quantitative estimate of drug-likeness (QED) is 0.871. The molecule has 0 N–H and O–H groups in total. The van der Waals surface area contributed by atoms with Gasteiger partial charge >= 0.3 is 0 Å². The van der Waals surface area contributed by atoms with Crippen LogP contribution in [0.5, 0.6) is 0 Å². The van der Waals surface area contributed by atoms with E-state index in [1.165, 1.54) is 12.8 Å². The van der Waals surface area contributed by atoms with Crippen molar-refractivity contribution < 1.29 is 4.79 Å². The number of benzene rings is 1. The molecule has 0 spiro atoms. The predicted molar refractivity (Wildman–Crippen MR) is 93.3 cm³/mol. The molecule has 0 aliphatic carbocycles. The van der Waals surface area contributed by atoms with E-state index in [4.69, 9.17) is 0 Å². The third kappa shape index (κ3) is 2.63. The van der Waals surface area contributed by atoms with Crippen LogP contribution in [0.1, 0.15) is 36.2 Å². The molecule has 1 amide bonds. The molecule has 2 aliphatic rings. The Morgan fingerprint density at radius 2 is 1.83 bits per heavy atom. The summed E-state index contributed by atoms with van der Waals surface area (Å²) in [6, 6.07) is 10.8. The Bertz CT molecular complexity index is 711. The molecular weight excluding hydrogens is 300 g/mol. The van der Waals surface area contributed by atoms with Gasteiger partial charge in [0.25, 0.3) is 5.91 Å². The number of likely N-dealkylation sites (N-methyl/N-ethyl adjacent to an activating group) is 1. The van der Waals surface area contributed by atoms with Crippen molar-refractivity contribution >= 4 is 5.91 Å². The summed E-state index contributed by atoms with van der Waals surface area (Å²) in [4.78, 5) is 22.0. The van der Waals surface area contributed by atoms with Crippen LogP contribution >= 0.6 is 0 Å². The summed E-state index contributed by atoms with van der Waals surface area (Å²) in [7, 11) is 2.19. The number of para-hydroxylation sites is 1. The van der Waals surface area contributed by atoms with Gasteiger partial charge in [-0.05, 0) is 51.4 Å². The van der Waals surface area contributed by atoms with E-state index < -0.39 is 0 Å². The summed E-state index contributed by atoms with van der Waals surface area (Å²) in [5, 5.41) is 0. The van der Waals surface area contributed by atoms with Crippen molar-refractivity contribution in [1.82, 2.24) is 19.4 Å². The van der Waals surface area contributed by atoms with Gasteiger partial charge in [0.1, 0.15) is 5.69 Å². The number of hydrogen-bond donors (Lipinski definition) is 0. The van der Waals surface area contributed by atoms with Crippen molar-refractivity contribution in [3.05, 3.63) is 48.5 Å². The third-order valence-corrected chi connectivity index (χ3v) is 5.47. The molecule has 1 aromatic heterocycles. The number of likely N-dealkylation sites (tertiary alicyclic amines) is 2. The summed E-state index contributed by atoms with van der Waals surface area (Å²) >= 11 is 0. The van der Waals surface area contributed by atoms with Crippen LogP contribution in [0.15, 0.2) is 42.9 Å². The van der Waals surface area contributed by atoms with Crippen LogP contribution in [0.3, 0.4) is 0 Å². The van der Waals surface area contributed by atoms with Crippen molar-refractivity contribution in [2.45, 2.75) is 37.8 Å². The lowest BCUT2D eigenvalue weighted by Crippen LogP contribution is -2.47. The minimum absolute atomic E-state index is 0.110. The highest BCUT2D eigenvalue weighted by atomic mass is 16.2. The largest absolute Gasteiger partial charge is 0.333 e. The molecule has 2 unspecified atom stereocenters. The molecule has 0 radical (unpaired) electrons. The summed E-state index contributed by atoms with van der Waals surface area (Å²) in [5.74, 6) is 0.110. The lowest BCUT2D eigenvalue weighted by molar-refractivity contribution is 0.0656. The lowest BCUT2D eigenvalue weighted by atomic mass is 10.0. The number of amides is 1. The van der Waals surface area contributed by atoms with E-state index in [2.05, 4.69) is 21.8 Å². The standard InChI is InChI=1S/C19H24N4O/c1-21-11-5-9-16(21)17-10-6-12-22(17)19(24)18-13-20-14-23(18)15-7-3-2-4-8-15/h2-4,7-8,13-14,16-17H,5-6,9-12H2,1H3. The minimum Gasteiger partial charge on any atom is -0.333 e. The second-order valence-corrected chi connectivity index (χ2v) is 6.88. The van der Waals surface area contributed by atoms with Crippen LogP contribution in [-0.2, 0) is 0 Å². The molecule has 5 nitrogen and oxygen atoms in total. The Morgan fingerprint density at radius 3 is 2.58 bits per heavy atom. The molecule has 4 rings (SSSR count).